The van der Waals surface area contributed by atoms with Gasteiger partial charge in [0.25, 0.3) is 0 Å². The second-order valence-corrected chi connectivity index (χ2v) is 8.52. The van der Waals surface area contributed by atoms with E-state index in [1.807, 2.05) is 20.0 Å². The van der Waals surface area contributed by atoms with Gasteiger partial charge in [-0.3, -0.25) is 4.98 Å². The molecule has 4 heterocycles. The normalized spacial score (nSPS) is 16.1. The van der Waals surface area contributed by atoms with Gasteiger partial charge in [-0.2, -0.15) is 0 Å². The third kappa shape index (κ3) is 5.08. The summed E-state index contributed by atoms with van der Waals surface area (Å²) in [6.45, 7) is 4.77. The molecule has 5 rings (SSSR count). The van der Waals surface area contributed by atoms with Crippen LogP contribution in [-0.2, 0) is 4.74 Å². The fraction of sp³-hybridized carbons (Fsp3) is 0.304. The van der Waals surface area contributed by atoms with Crippen molar-refractivity contribution in [3.8, 4) is 11.3 Å². The Morgan fingerprint density at radius 2 is 1.90 bits per heavy atom. The second kappa shape index (κ2) is 9.53. The Labute approximate surface area is 183 Å². The van der Waals surface area contributed by atoms with Crippen LogP contribution in [0.5, 0.6) is 0 Å². The zero-order chi connectivity index (χ0) is 21.8. The molecule has 1 saturated heterocycles. The highest BCUT2D eigenvalue weighted by atomic mass is 32.1. The van der Waals surface area contributed by atoms with Gasteiger partial charge in [0, 0.05) is 30.1 Å². The maximum atomic E-state index is 13.8. The van der Waals surface area contributed by atoms with Crippen LogP contribution in [0, 0.1) is 25.5 Å². The highest BCUT2D eigenvalue weighted by Crippen LogP contribution is 2.31. The molecule has 1 atom stereocenters. The smallest absolute Gasteiger partial charge is 0.174 e. The molecule has 1 aliphatic heterocycles. The zero-order valence-electron chi connectivity index (χ0n) is 17.3. The summed E-state index contributed by atoms with van der Waals surface area (Å²) >= 11 is 1.39. The SMILES string of the molecule is Cc1cc([C@H]2CCCCO2)ccn1.Cc1nc2ncnc(-c3ccc(F)cc3F)c2s1. The van der Waals surface area contributed by atoms with Gasteiger partial charge in [-0.15, -0.1) is 11.3 Å². The summed E-state index contributed by atoms with van der Waals surface area (Å²) in [5, 5.41) is 0.828. The first-order chi connectivity index (χ1) is 15.0. The standard InChI is InChI=1S/C12H7F2N3S.C11H15NO/c1-6-17-12-11(18-6)10(15-5-16-12)8-3-2-7(13)4-9(8)14;1-9-8-10(5-6-12-9)11-4-2-3-7-13-11/h2-5H,1H3;5-6,8,11H,2-4,7H2,1H3/t;11-/m.1/s1. The molecule has 1 fully saturated rings. The number of ether oxygens (including phenoxy) is 1. The first-order valence-corrected chi connectivity index (χ1v) is 10.9. The van der Waals surface area contributed by atoms with Gasteiger partial charge in [0.05, 0.1) is 16.8 Å². The van der Waals surface area contributed by atoms with Crippen LogP contribution in [0.4, 0.5) is 8.78 Å². The van der Waals surface area contributed by atoms with Crippen LogP contribution in [0.25, 0.3) is 21.6 Å². The molecule has 0 unspecified atom stereocenters. The van der Waals surface area contributed by atoms with Gasteiger partial charge in [-0.1, -0.05) is 0 Å². The predicted octanol–water partition coefficient (Wildman–Crippen LogP) is 5.97. The molecule has 0 N–H and O–H groups in total. The number of thiazole rings is 1. The number of nitrogens with zero attached hydrogens (tertiary/aromatic N) is 4. The van der Waals surface area contributed by atoms with Crippen LogP contribution in [0.3, 0.4) is 0 Å². The molecule has 5 nitrogen and oxygen atoms in total. The van der Waals surface area contributed by atoms with Crippen LogP contribution in [0.1, 0.15) is 41.6 Å². The van der Waals surface area contributed by atoms with Gasteiger partial charge in [-0.05, 0) is 62.9 Å². The van der Waals surface area contributed by atoms with E-state index >= 15 is 0 Å². The summed E-state index contributed by atoms with van der Waals surface area (Å²) in [4.78, 5) is 16.5. The maximum absolute atomic E-state index is 13.8. The zero-order valence-corrected chi connectivity index (χ0v) is 18.1. The van der Waals surface area contributed by atoms with E-state index in [9.17, 15) is 8.78 Å². The average Bonchev–Trinajstić information content (AvgIpc) is 3.15. The number of pyridine rings is 1. The van der Waals surface area contributed by atoms with Crippen molar-refractivity contribution < 1.29 is 13.5 Å². The number of aromatic nitrogens is 4. The van der Waals surface area contributed by atoms with E-state index in [1.54, 1.807) is 0 Å². The molecule has 0 bridgehead atoms. The van der Waals surface area contributed by atoms with Crippen LogP contribution < -0.4 is 0 Å². The Kier molecular flexibility index (Phi) is 6.58. The van der Waals surface area contributed by atoms with E-state index in [-0.39, 0.29) is 5.56 Å². The summed E-state index contributed by atoms with van der Waals surface area (Å²) in [6.07, 6.45) is 7.16. The van der Waals surface area contributed by atoms with Gasteiger partial charge in [-0.25, -0.2) is 23.7 Å². The molecule has 0 radical (unpaired) electrons. The Balaban J connectivity index is 0.000000158. The van der Waals surface area contributed by atoms with Crippen LogP contribution in [-0.4, -0.2) is 26.5 Å². The second-order valence-electron chi connectivity index (χ2n) is 7.32. The molecule has 8 heteroatoms. The van der Waals surface area contributed by atoms with Crippen LogP contribution in [0.2, 0.25) is 0 Å². The molecule has 4 aromatic rings. The van der Waals surface area contributed by atoms with Crippen LogP contribution in [0.15, 0.2) is 42.9 Å². The lowest BCUT2D eigenvalue weighted by Crippen LogP contribution is -2.11. The molecular formula is C23H22F2N4OS. The highest BCUT2D eigenvalue weighted by molar-refractivity contribution is 7.19. The molecule has 3 aromatic heterocycles. The molecule has 1 aliphatic rings. The summed E-state index contributed by atoms with van der Waals surface area (Å²) in [6, 6.07) is 7.61. The van der Waals surface area contributed by atoms with Gasteiger partial charge >= 0.3 is 0 Å². The van der Waals surface area contributed by atoms with E-state index < -0.39 is 11.6 Å². The number of halogens is 2. The third-order valence-electron chi connectivity index (χ3n) is 4.96. The molecular weight excluding hydrogens is 418 g/mol. The largest absolute Gasteiger partial charge is 0.374 e. The van der Waals surface area contributed by atoms with E-state index in [2.05, 4.69) is 32.1 Å². The van der Waals surface area contributed by atoms with Gasteiger partial charge in [0.2, 0.25) is 0 Å². The van der Waals surface area contributed by atoms with Gasteiger partial charge in [0.1, 0.15) is 22.7 Å². The maximum Gasteiger partial charge on any atom is 0.174 e. The number of hydrogen-bond donors (Lipinski definition) is 0. The van der Waals surface area contributed by atoms with E-state index in [0.717, 1.165) is 29.8 Å². The molecule has 0 saturated carbocycles. The van der Waals surface area contributed by atoms with Crippen molar-refractivity contribution in [1.82, 2.24) is 19.9 Å². The van der Waals surface area contributed by atoms with Gasteiger partial charge in [0.15, 0.2) is 5.65 Å². The quantitative estimate of drug-likeness (QED) is 0.384. The third-order valence-corrected chi connectivity index (χ3v) is 5.92. The number of benzene rings is 1. The Morgan fingerprint density at radius 3 is 2.65 bits per heavy atom. The predicted molar refractivity (Wildman–Crippen MR) is 117 cm³/mol. The molecule has 160 valence electrons. The minimum atomic E-state index is -0.638. The molecule has 0 aliphatic carbocycles. The summed E-state index contributed by atoms with van der Waals surface area (Å²) in [5.41, 5.74) is 3.60. The van der Waals surface area contributed by atoms with Crippen molar-refractivity contribution in [2.45, 2.75) is 39.2 Å². The van der Waals surface area contributed by atoms with E-state index in [4.69, 9.17) is 4.74 Å². The fourth-order valence-electron chi connectivity index (χ4n) is 3.50. The van der Waals surface area contributed by atoms with Crippen molar-refractivity contribution in [2.75, 3.05) is 6.61 Å². The van der Waals surface area contributed by atoms with E-state index in [1.165, 1.54) is 48.2 Å². The van der Waals surface area contributed by atoms with Crippen molar-refractivity contribution >= 4 is 21.7 Å². The van der Waals surface area contributed by atoms with Crippen molar-refractivity contribution in [2.24, 2.45) is 0 Å². The number of hydrogen-bond acceptors (Lipinski definition) is 6. The van der Waals surface area contributed by atoms with Crippen molar-refractivity contribution in [3.63, 3.8) is 0 Å². The molecule has 0 amide bonds. The molecule has 1 aromatic carbocycles. The Morgan fingerprint density at radius 1 is 1.03 bits per heavy atom. The molecule has 31 heavy (non-hydrogen) atoms. The minimum absolute atomic E-state index is 0.257. The Hall–Kier alpha value is -2.84. The molecule has 0 spiro atoms. The Bertz CT molecular complexity index is 1190. The van der Waals surface area contributed by atoms with Gasteiger partial charge < -0.3 is 4.74 Å². The van der Waals surface area contributed by atoms with Crippen molar-refractivity contribution in [3.05, 3.63) is 70.8 Å². The van der Waals surface area contributed by atoms with Crippen LogP contribution >= 0.6 is 11.3 Å². The number of aryl methyl sites for hydroxylation is 2. The minimum Gasteiger partial charge on any atom is -0.374 e. The monoisotopic (exact) mass is 440 g/mol. The number of rotatable bonds is 2. The lowest BCUT2D eigenvalue weighted by atomic mass is 10.0. The average molecular weight is 441 g/mol. The lowest BCUT2D eigenvalue weighted by molar-refractivity contribution is 0.0149. The highest BCUT2D eigenvalue weighted by Gasteiger charge is 2.16. The topological polar surface area (TPSA) is 60.8 Å². The van der Waals surface area contributed by atoms with E-state index in [0.29, 0.717) is 22.1 Å². The lowest BCUT2D eigenvalue weighted by Gasteiger charge is -2.22. The summed E-state index contributed by atoms with van der Waals surface area (Å²) in [5.74, 6) is -1.25. The number of fused-ring (bicyclic) bond motifs is 1. The first kappa shape index (κ1) is 21.4. The summed E-state index contributed by atoms with van der Waals surface area (Å²) in [7, 11) is 0. The first-order valence-electron chi connectivity index (χ1n) is 10.1. The summed E-state index contributed by atoms with van der Waals surface area (Å²) < 4.78 is 33.1. The fourth-order valence-corrected chi connectivity index (χ4v) is 4.38. The van der Waals surface area contributed by atoms with Crippen molar-refractivity contribution in [1.29, 1.82) is 0 Å².